The van der Waals surface area contributed by atoms with Crippen LogP contribution in [0.2, 0.25) is 0 Å². The molecule has 0 aliphatic rings. The largest absolute Gasteiger partial charge is 0.435 e. The third-order valence-corrected chi connectivity index (χ3v) is 2.28. The highest BCUT2D eigenvalue weighted by molar-refractivity contribution is 5.96. The molecule has 0 aliphatic carbocycles. The van der Waals surface area contributed by atoms with Crippen LogP contribution in [0.15, 0.2) is 12.1 Å². The number of ketones is 1. The minimum atomic E-state index is -4.74. The van der Waals surface area contributed by atoms with Crippen LogP contribution in [0.25, 0.3) is 0 Å². The van der Waals surface area contributed by atoms with Crippen LogP contribution in [-0.2, 0) is 6.18 Å². The summed E-state index contributed by atoms with van der Waals surface area (Å²) in [7, 11) is 0. The SMILES string of the molecule is CC(=O)c1cc(C(F)(F)F)cc(OC(F)F)c1C. The molecule has 0 bridgehead atoms. The van der Waals surface area contributed by atoms with Gasteiger partial charge in [0.25, 0.3) is 0 Å². The van der Waals surface area contributed by atoms with E-state index in [1.807, 2.05) is 0 Å². The molecule has 0 radical (unpaired) electrons. The fourth-order valence-electron chi connectivity index (χ4n) is 1.44. The van der Waals surface area contributed by atoms with E-state index >= 15 is 0 Å². The van der Waals surface area contributed by atoms with E-state index in [9.17, 15) is 26.7 Å². The number of Topliss-reactive ketones (excluding diaryl/α,β-unsaturated/α-hetero) is 1. The summed E-state index contributed by atoms with van der Waals surface area (Å²) in [6.45, 7) is -0.963. The van der Waals surface area contributed by atoms with E-state index in [0.29, 0.717) is 12.1 Å². The van der Waals surface area contributed by atoms with Crippen molar-refractivity contribution in [3.8, 4) is 5.75 Å². The molecule has 0 fully saturated rings. The summed E-state index contributed by atoms with van der Waals surface area (Å²) in [6, 6.07) is 1.07. The van der Waals surface area contributed by atoms with Crippen LogP contribution in [0.1, 0.15) is 28.4 Å². The van der Waals surface area contributed by atoms with Crippen LogP contribution < -0.4 is 4.74 Å². The summed E-state index contributed by atoms with van der Waals surface area (Å²) in [5, 5.41) is 0. The molecule has 1 aromatic rings. The lowest BCUT2D eigenvalue weighted by Gasteiger charge is -2.15. The van der Waals surface area contributed by atoms with Crippen LogP contribution in [0.3, 0.4) is 0 Å². The maximum atomic E-state index is 12.5. The molecule has 1 rings (SSSR count). The third kappa shape index (κ3) is 3.18. The number of halogens is 5. The molecule has 0 heterocycles. The first-order chi connectivity index (χ1) is 8.12. The van der Waals surface area contributed by atoms with E-state index in [4.69, 9.17) is 0 Å². The number of hydrogen-bond acceptors (Lipinski definition) is 2. The Labute approximate surface area is 99.4 Å². The zero-order valence-corrected chi connectivity index (χ0v) is 9.44. The summed E-state index contributed by atoms with van der Waals surface area (Å²) < 4.78 is 65.7. The van der Waals surface area contributed by atoms with Crippen molar-refractivity contribution in [2.24, 2.45) is 0 Å². The second-order valence-corrected chi connectivity index (χ2v) is 3.58. The van der Waals surface area contributed by atoms with E-state index in [-0.39, 0.29) is 11.1 Å². The summed E-state index contributed by atoms with van der Waals surface area (Å²) in [6.07, 6.45) is -4.74. The van der Waals surface area contributed by atoms with E-state index in [1.165, 1.54) is 6.92 Å². The van der Waals surface area contributed by atoms with Crippen molar-refractivity contribution in [2.45, 2.75) is 26.6 Å². The Bertz CT molecular complexity index is 465. The fourth-order valence-corrected chi connectivity index (χ4v) is 1.44. The lowest BCUT2D eigenvalue weighted by atomic mass is 10.0. The van der Waals surface area contributed by atoms with Crippen LogP contribution in [0.5, 0.6) is 5.75 Å². The number of carbonyl (C=O) groups excluding carboxylic acids is 1. The zero-order chi connectivity index (χ0) is 14.1. The quantitative estimate of drug-likeness (QED) is 0.615. The number of benzene rings is 1. The van der Waals surface area contributed by atoms with Gasteiger partial charge in [0.2, 0.25) is 0 Å². The van der Waals surface area contributed by atoms with E-state index < -0.39 is 29.9 Å². The molecular weight excluding hydrogens is 259 g/mol. The van der Waals surface area contributed by atoms with Crippen molar-refractivity contribution in [3.63, 3.8) is 0 Å². The normalized spacial score (nSPS) is 11.8. The Morgan fingerprint density at radius 1 is 1.28 bits per heavy atom. The molecule has 0 saturated carbocycles. The average molecular weight is 268 g/mol. The molecule has 2 nitrogen and oxygen atoms in total. The Morgan fingerprint density at radius 3 is 2.22 bits per heavy atom. The van der Waals surface area contributed by atoms with Gasteiger partial charge in [-0.1, -0.05) is 0 Å². The Balaban J connectivity index is 3.42. The molecule has 0 N–H and O–H groups in total. The minimum absolute atomic E-state index is 0.0456. The predicted molar refractivity (Wildman–Crippen MR) is 52.8 cm³/mol. The van der Waals surface area contributed by atoms with Crippen LogP contribution >= 0.6 is 0 Å². The van der Waals surface area contributed by atoms with E-state index in [1.54, 1.807) is 0 Å². The van der Waals surface area contributed by atoms with Gasteiger partial charge in [-0.15, -0.1) is 0 Å². The Morgan fingerprint density at radius 2 is 1.83 bits per heavy atom. The maximum Gasteiger partial charge on any atom is 0.416 e. The van der Waals surface area contributed by atoms with Gasteiger partial charge in [0.05, 0.1) is 5.56 Å². The van der Waals surface area contributed by atoms with E-state index in [2.05, 4.69) is 4.74 Å². The van der Waals surface area contributed by atoms with Crippen LogP contribution in [-0.4, -0.2) is 12.4 Å². The lowest BCUT2D eigenvalue weighted by Crippen LogP contribution is -2.11. The van der Waals surface area contributed by atoms with Crippen molar-refractivity contribution >= 4 is 5.78 Å². The summed E-state index contributed by atoms with van der Waals surface area (Å²) in [5.41, 5.74) is -1.54. The monoisotopic (exact) mass is 268 g/mol. The smallest absolute Gasteiger partial charge is 0.416 e. The minimum Gasteiger partial charge on any atom is -0.435 e. The zero-order valence-electron chi connectivity index (χ0n) is 9.44. The fraction of sp³-hybridized carbons (Fsp3) is 0.364. The van der Waals surface area contributed by atoms with Gasteiger partial charge in [0, 0.05) is 11.1 Å². The summed E-state index contributed by atoms with van der Waals surface area (Å²) in [4.78, 5) is 11.2. The molecule has 7 heteroatoms. The van der Waals surface area contributed by atoms with Crippen molar-refractivity contribution in [3.05, 3.63) is 28.8 Å². The summed E-state index contributed by atoms with van der Waals surface area (Å²) in [5.74, 6) is -1.30. The second kappa shape index (κ2) is 4.91. The number of ether oxygens (including phenoxy) is 1. The molecule has 0 unspecified atom stereocenters. The van der Waals surface area contributed by atoms with Crippen LogP contribution in [0, 0.1) is 6.92 Å². The van der Waals surface area contributed by atoms with Crippen molar-refractivity contribution in [2.75, 3.05) is 0 Å². The van der Waals surface area contributed by atoms with Gasteiger partial charge in [-0.3, -0.25) is 4.79 Å². The molecule has 100 valence electrons. The second-order valence-electron chi connectivity index (χ2n) is 3.58. The van der Waals surface area contributed by atoms with Gasteiger partial charge < -0.3 is 4.74 Å². The topological polar surface area (TPSA) is 26.3 Å². The standard InChI is InChI=1S/C11H9F5O2/c1-5-8(6(2)17)3-7(11(14,15)16)4-9(5)18-10(12)13/h3-4,10H,1-2H3. The van der Waals surface area contributed by atoms with Crippen molar-refractivity contribution < 1.29 is 31.5 Å². The molecule has 0 amide bonds. The van der Waals surface area contributed by atoms with Gasteiger partial charge in [0.15, 0.2) is 5.78 Å². The highest BCUT2D eigenvalue weighted by atomic mass is 19.4. The molecular formula is C11H9F5O2. The molecule has 1 aromatic carbocycles. The Hall–Kier alpha value is -1.66. The molecule has 0 aliphatic heterocycles. The van der Waals surface area contributed by atoms with Gasteiger partial charge in [-0.2, -0.15) is 22.0 Å². The first-order valence-corrected chi connectivity index (χ1v) is 4.80. The van der Waals surface area contributed by atoms with Gasteiger partial charge in [-0.05, 0) is 26.0 Å². The lowest BCUT2D eigenvalue weighted by molar-refractivity contribution is -0.138. The maximum absolute atomic E-state index is 12.5. The predicted octanol–water partition coefficient (Wildman–Crippen LogP) is 3.82. The average Bonchev–Trinajstić information content (AvgIpc) is 2.18. The number of hydrogen-bond donors (Lipinski definition) is 0. The Kier molecular flexibility index (Phi) is 3.93. The molecule has 0 spiro atoms. The van der Waals surface area contributed by atoms with Crippen molar-refractivity contribution in [1.29, 1.82) is 0 Å². The summed E-state index contributed by atoms with van der Waals surface area (Å²) >= 11 is 0. The molecule has 0 atom stereocenters. The number of carbonyl (C=O) groups is 1. The first kappa shape index (κ1) is 14.4. The highest BCUT2D eigenvalue weighted by Crippen LogP contribution is 2.35. The molecule has 18 heavy (non-hydrogen) atoms. The highest BCUT2D eigenvalue weighted by Gasteiger charge is 2.33. The molecule has 0 aromatic heterocycles. The van der Waals surface area contributed by atoms with Gasteiger partial charge in [-0.25, -0.2) is 0 Å². The third-order valence-electron chi connectivity index (χ3n) is 2.28. The van der Waals surface area contributed by atoms with Gasteiger partial charge >= 0.3 is 12.8 Å². The number of alkyl halides is 5. The first-order valence-electron chi connectivity index (χ1n) is 4.80. The van der Waals surface area contributed by atoms with Crippen molar-refractivity contribution in [1.82, 2.24) is 0 Å². The van der Waals surface area contributed by atoms with Crippen LogP contribution in [0.4, 0.5) is 22.0 Å². The molecule has 0 saturated heterocycles. The van der Waals surface area contributed by atoms with Gasteiger partial charge in [0.1, 0.15) is 5.75 Å². The van der Waals surface area contributed by atoms with E-state index in [0.717, 1.165) is 6.92 Å². The number of rotatable bonds is 3.